The van der Waals surface area contributed by atoms with Gasteiger partial charge in [-0.25, -0.2) is 4.98 Å². The molecule has 1 fully saturated rings. The number of hydrogen-bond acceptors (Lipinski definition) is 6. The Balaban J connectivity index is 1.36. The van der Waals surface area contributed by atoms with E-state index < -0.39 is 12.0 Å². The quantitative estimate of drug-likeness (QED) is 0.640. The molecule has 7 heteroatoms. The lowest BCUT2D eigenvalue weighted by atomic mass is 10.1. The van der Waals surface area contributed by atoms with Crippen molar-refractivity contribution in [1.82, 2.24) is 9.88 Å². The SMILES string of the molecule is Cc1oc(-c2ccccc2)nc1COc1ccc(CN2CCOCC2C(=O)O)cc1. The molecule has 1 saturated heterocycles. The maximum atomic E-state index is 11.4. The average Bonchev–Trinajstić information content (AvgIpc) is 3.15. The lowest BCUT2D eigenvalue weighted by Crippen LogP contribution is -2.49. The highest BCUT2D eigenvalue weighted by molar-refractivity contribution is 5.73. The first-order valence-corrected chi connectivity index (χ1v) is 9.88. The Kier molecular flexibility index (Phi) is 6.11. The number of benzene rings is 2. The van der Waals surface area contributed by atoms with Crippen LogP contribution in [0.1, 0.15) is 17.0 Å². The Morgan fingerprint density at radius 3 is 2.70 bits per heavy atom. The number of aromatic nitrogens is 1. The average molecular weight is 408 g/mol. The van der Waals surface area contributed by atoms with Gasteiger partial charge in [-0.05, 0) is 36.8 Å². The maximum absolute atomic E-state index is 11.4. The van der Waals surface area contributed by atoms with E-state index in [1.165, 1.54) is 0 Å². The molecule has 7 nitrogen and oxygen atoms in total. The molecule has 0 bridgehead atoms. The minimum atomic E-state index is -0.854. The van der Waals surface area contributed by atoms with Crippen molar-refractivity contribution in [3.63, 3.8) is 0 Å². The van der Waals surface area contributed by atoms with Crippen LogP contribution in [0.5, 0.6) is 5.75 Å². The summed E-state index contributed by atoms with van der Waals surface area (Å²) in [5.74, 6) is 1.18. The molecule has 3 aromatic rings. The van der Waals surface area contributed by atoms with Crippen molar-refractivity contribution in [3.8, 4) is 17.2 Å². The fourth-order valence-electron chi connectivity index (χ4n) is 3.40. The van der Waals surface area contributed by atoms with Gasteiger partial charge in [0.2, 0.25) is 5.89 Å². The number of aliphatic carboxylic acids is 1. The number of morpholine rings is 1. The fourth-order valence-corrected chi connectivity index (χ4v) is 3.40. The van der Waals surface area contributed by atoms with Crippen molar-refractivity contribution in [3.05, 3.63) is 71.6 Å². The Bertz CT molecular complexity index is 985. The number of carboxylic acid groups (broad SMARTS) is 1. The molecular weight excluding hydrogens is 384 g/mol. The van der Waals surface area contributed by atoms with Crippen LogP contribution in [-0.4, -0.2) is 46.8 Å². The monoisotopic (exact) mass is 408 g/mol. The maximum Gasteiger partial charge on any atom is 0.323 e. The van der Waals surface area contributed by atoms with Crippen molar-refractivity contribution in [2.75, 3.05) is 19.8 Å². The van der Waals surface area contributed by atoms with Crippen LogP contribution in [0.4, 0.5) is 0 Å². The van der Waals surface area contributed by atoms with Crippen LogP contribution < -0.4 is 4.74 Å². The van der Waals surface area contributed by atoms with Crippen LogP contribution in [0.2, 0.25) is 0 Å². The number of rotatable bonds is 7. The molecule has 30 heavy (non-hydrogen) atoms. The van der Waals surface area contributed by atoms with Crippen LogP contribution in [-0.2, 0) is 22.7 Å². The molecule has 1 aliphatic heterocycles. The van der Waals surface area contributed by atoms with Gasteiger partial charge in [-0.3, -0.25) is 9.69 Å². The highest BCUT2D eigenvalue weighted by Crippen LogP contribution is 2.23. The molecular formula is C23H24N2O5. The molecule has 1 atom stereocenters. The summed E-state index contributed by atoms with van der Waals surface area (Å²) in [6.07, 6.45) is 0. The van der Waals surface area contributed by atoms with E-state index in [9.17, 15) is 9.90 Å². The zero-order chi connectivity index (χ0) is 20.9. The van der Waals surface area contributed by atoms with E-state index >= 15 is 0 Å². The Morgan fingerprint density at radius 1 is 1.20 bits per heavy atom. The number of carbonyl (C=O) groups is 1. The van der Waals surface area contributed by atoms with Gasteiger partial charge in [0.05, 0.1) is 13.2 Å². The highest BCUT2D eigenvalue weighted by atomic mass is 16.5. The summed E-state index contributed by atoms with van der Waals surface area (Å²) in [6.45, 7) is 4.12. The molecule has 0 spiro atoms. The molecule has 0 aliphatic carbocycles. The van der Waals surface area contributed by atoms with E-state index in [2.05, 4.69) is 4.98 Å². The summed E-state index contributed by atoms with van der Waals surface area (Å²) in [5, 5.41) is 9.35. The topological polar surface area (TPSA) is 85.0 Å². The summed E-state index contributed by atoms with van der Waals surface area (Å²) < 4.78 is 16.9. The van der Waals surface area contributed by atoms with Crippen LogP contribution in [0, 0.1) is 6.92 Å². The van der Waals surface area contributed by atoms with Crippen molar-refractivity contribution >= 4 is 5.97 Å². The summed E-state index contributed by atoms with van der Waals surface area (Å²) in [7, 11) is 0. The Labute approximate surface area is 174 Å². The number of hydrogen-bond donors (Lipinski definition) is 1. The second kappa shape index (κ2) is 9.11. The van der Waals surface area contributed by atoms with Crippen molar-refractivity contribution in [2.24, 2.45) is 0 Å². The van der Waals surface area contributed by atoms with Gasteiger partial charge in [-0.2, -0.15) is 0 Å². The van der Waals surface area contributed by atoms with E-state index in [1.54, 1.807) is 0 Å². The van der Waals surface area contributed by atoms with E-state index in [0.29, 0.717) is 32.2 Å². The summed E-state index contributed by atoms with van der Waals surface area (Å²) in [6, 6.07) is 16.8. The molecule has 156 valence electrons. The van der Waals surface area contributed by atoms with E-state index in [0.717, 1.165) is 28.3 Å². The Morgan fingerprint density at radius 2 is 1.97 bits per heavy atom. The Hall–Kier alpha value is -3.16. The van der Waals surface area contributed by atoms with E-state index in [-0.39, 0.29) is 6.61 Å². The summed E-state index contributed by atoms with van der Waals surface area (Å²) in [5.41, 5.74) is 2.72. The van der Waals surface area contributed by atoms with Gasteiger partial charge in [0.15, 0.2) is 0 Å². The zero-order valence-electron chi connectivity index (χ0n) is 16.8. The van der Waals surface area contributed by atoms with Crippen LogP contribution in [0.15, 0.2) is 59.0 Å². The van der Waals surface area contributed by atoms with E-state index in [1.807, 2.05) is 66.4 Å². The van der Waals surface area contributed by atoms with Crippen molar-refractivity contribution in [1.29, 1.82) is 0 Å². The second-order valence-corrected chi connectivity index (χ2v) is 7.22. The first-order valence-electron chi connectivity index (χ1n) is 9.88. The minimum absolute atomic E-state index is 0.221. The third kappa shape index (κ3) is 4.69. The first kappa shape index (κ1) is 20.1. The largest absolute Gasteiger partial charge is 0.487 e. The van der Waals surface area contributed by atoms with E-state index in [4.69, 9.17) is 13.9 Å². The molecule has 0 radical (unpaired) electrons. The smallest absolute Gasteiger partial charge is 0.323 e. The molecule has 0 amide bonds. The molecule has 1 aromatic heterocycles. The van der Waals surface area contributed by atoms with Crippen LogP contribution in [0.3, 0.4) is 0 Å². The van der Waals surface area contributed by atoms with Gasteiger partial charge in [-0.15, -0.1) is 0 Å². The van der Waals surface area contributed by atoms with Crippen molar-refractivity contribution in [2.45, 2.75) is 26.1 Å². The zero-order valence-corrected chi connectivity index (χ0v) is 16.8. The molecule has 4 rings (SSSR count). The van der Waals surface area contributed by atoms with Gasteiger partial charge in [-0.1, -0.05) is 30.3 Å². The molecule has 0 saturated carbocycles. The summed E-state index contributed by atoms with van der Waals surface area (Å²) >= 11 is 0. The van der Waals surface area contributed by atoms with Crippen molar-refractivity contribution < 1.29 is 23.8 Å². The molecule has 2 aromatic carbocycles. The second-order valence-electron chi connectivity index (χ2n) is 7.22. The molecule has 1 aliphatic rings. The number of carboxylic acids is 1. The van der Waals surface area contributed by atoms with Crippen LogP contribution in [0.25, 0.3) is 11.5 Å². The first-order chi connectivity index (χ1) is 14.6. The predicted octanol–water partition coefficient (Wildman–Crippen LogP) is 3.51. The molecule has 1 N–H and O–H groups in total. The predicted molar refractivity (Wildman–Crippen MR) is 110 cm³/mol. The number of oxazole rings is 1. The number of aryl methyl sites for hydroxylation is 1. The number of ether oxygens (including phenoxy) is 2. The molecule has 1 unspecified atom stereocenters. The minimum Gasteiger partial charge on any atom is -0.487 e. The van der Waals surface area contributed by atoms with Gasteiger partial charge in [0.1, 0.15) is 29.9 Å². The lowest BCUT2D eigenvalue weighted by Gasteiger charge is -2.32. The van der Waals surface area contributed by atoms with Crippen LogP contribution >= 0.6 is 0 Å². The fraction of sp³-hybridized carbons (Fsp3) is 0.304. The highest BCUT2D eigenvalue weighted by Gasteiger charge is 2.29. The standard InChI is InChI=1S/C23H24N2O5/c1-16-20(24-22(30-16)18-5-3-2-4-6-18)14-29-19-9-7-17(8-10-19)13-25-11-12-28-15-21(25)23(26)27/h2-10,21H,11-15H2,1H3,(H,26,27). The lowest BCUT2D eigenvalue weighted by molar-refractivity contribution is -0.150. The van der Waals surface area contributed by atoms with Gasteiger partial charge < -0.3 is 19.0 Å². The molecule has 2 heterocycles. The normalized spacial score (nSPS) is 17.0. The van der Waals surface area contributed by atoms with Gasteiger partial charge in [0.25, 0.3) is 0 Å². The van der Waals surface area contributed by atoms with Gasteiger partial charge in [0, 0.05) is 18.7 Å². The summed E-state index contributed by atoms with van der Waals surface area (Å²) in [4.78, 5) is 17.9. The number of nitrogens with zero attached hydrogens (tertiary/aromatic N) is 2. The third-order valence-electron chi connectivity index (χ3n) is 5.12. The third-order valence-corrected chi connectivity index (χ3v) is 5.12. The van der Waals surface area contributed by atoms with Gasteiger partial charge >= 0.3 is 5.97 Å².